The van der Waals surface area contributed by atoms with Gasteiger partial charge < -0.3 is 5.32 Å². The lowest BCUT2D eigenvalue weighted by Crippen LogP contribution is -2.28. The molecule has 2 aromatic rings. The third kappa shape index (κ3) is 3.61. The molecule has 0 aliphatic carbocycles. The fourth-order valence-corrected chi connectivity index (χ4v) is 2.22. The number of carbonyl (C=O) groups is 1. The minimum absolute atomic E-state index is 0.0391. The number of hydrogen-bond donors (Lipinski definition) is 2. The summed E-state index contributed by atoms with van der Waals surface area (Å²) in [6.07, 6.45) is 0.857. The van der Waals surface area contributed by atoms with Gasteiger partial charge >= 0.3 is 0 Å². The van der Waals surface area contributed by atoms with Crippen LogP contribution < -0.4 is 5.32 Å². The van der Waals surface area contributed by atoms with Crippen molar-refractivity contribution in [2.24, 2.45) is 0 Å². The van der Waals surface area contributed by atoms with Crippen molar-refractivity contribution in [3.63, 3.8) is 0 Å². The first kappa shape index (κ1) is 13.7. The molecule has 0 bridgehead atoms. The van der Waals surface area contributed by atoms with Crippen LogP contribution in [0.1, 0.15) is 35.3 Å². The van der Waals surface area contributed by atoms with Crippen molar-refractivity contribution in [2.45, 2.75) is 24.3 Å². The van der Waals surface area contributed by atoms with Crippen LogP contribution >= 0.6 is 12.6 Å². The molecule has 0 aromatic heterocycles. The molecule has 19 heavy (non-hydrogen) atoms. The molecule has 2 nitrogen and oxygen atoms in total. The van der Waals surface area contributed by atoms with E-state index >= 15 is 0 Å². The van der Waals surface area contributed by atoms with Gasteiger partial charge in [-0.1, -0.05) is 43.3 Å². The summed E-state index contributed by atoms with van der Waals surface area (Å²) in [5.74, 6) is -0.0633. The molecule has 1 N–H and O–H groups in total. The van der Waals surface area contributed by atoms with Gasteiger partial charge in [0.1, 0.15) is 0 Å². The molecule has 0 saturated heterocycles. The van der Waals surface area contributed by atoms with Gasteiger partial charge in [-0.15, -0.1) is 12.6 Å². The van der Waals surface area contributed by atoms with Gasteiger partial charge in [0, 0.05) is 10.5 Å². The zero-order valence-electron chi connectivity index (χ0n) is 10.8. The van der Waals surface area contributed by atoms with Crippen LogP contribution in [0.5, 0.6) is 0 Å². The summed E-state index contributed by atoms with van der Waals surface area (Å²) in [5, 5.41) is 3.05. The van der Waals surface area contributed by atoms with Crippen molar-refractivity contribution < 1.29 is 4.79 Å². The molecule has 0 radical (unpaired) electrons. The molecule has 0 heterocycles. The Hall–Kier alpha value is -1.74. The lowest BCUT2D eigenvalue weighted by molar-refractivity contribution is 0.0935. The van der Waals surface area contributed by atoms with Crippen LogP contribution in [-0.4, -0.2) is 5.91 Å². The maximum absolute atomic E-state index is 12.2. The maximum Gasteiger partial charge on any atom is 0.251 e. The Morgan fingerprint density at radius 2 is 1.89 bits per heavy atom. The lowest BCUT2D eigenvalue weighted by atomic mass is 10.0. The first-order valence-electron chi connectivity index (χ1n) is 6.35. The van der Waals surface area contributed by atoms with E-state index in [9.17, 15) is 4.79 Å². The molecule has 0 fully saturated rings. The van der Waals surface area contributed by atoms with Crippen LogP contribution in [0.4, 0.5) is 0 Å². The first-order chi connectivity index (χ1) is 9.20. The smallest absolute Gasteiger partial charge is 0.251 e. The summed E-state index contributed by atoms with van der Waals surface area (Å²) in [4.78, 5) is 13.0. The summed E-state index contributed by atoms with van der Waals surface area (Å²) in [6, 6.07) is 17.3. The Balaban J connectivity index is 2.13. The minimum Gasteiger partial charge on any atom is -0.345 e. The largest absolute Gasteiger partial charge is 0.345 e. The highest BCUT2D eigenvalue weighted by Crippen LogP contribution is 2.17. The zero-order chi connectivity index (χ0) is 13.7. The second-order valence-corrected chi connectivity index (χ2v) is 4.91. The summed E-state index contributed by atoms with van der Waals surface area (Å²) >= 11 is 4.25. The Morgan fingerprint density at radius 3 is 2.53 bits per heavy atom. The average Bonchev–Trinajstić information content (AvgIpc) is 2.45. The molecule has 1 amide bonds. The minimum atomic E-state index is -0.0633. The Kier molecular flexibility index (Phi) is 4.63. The van der Waals surface area contributed by atoms with Crippen LogP contribution in [0.25, 0.3) is 0 Å². The average molecular weight is 271 g/mol. The molecule has 0 saturated carbocycles. The quantitative estimate of drug-likeness (QED) is 0.812. The third-order valence-electron chi connectivity index (χ3n) is 3.02. The van der Waals surface area contributed by atoms with E-state index in [2.05, 4.69) is 24.9 Å². The molecular weight excluding hydrogens is 254 g/mol. The SMILES string of the molecule is CCC(NC(=O)c1cccc(S)c1)c1ccccc1. The molecule has 3 heteroatoms. The van der Waals surface area contributed by atoms with Gasteiger partial charge in [-0.25, -0.2) is 0 Å². The molecule has 1 atom stereocenters. The number of thiol groups is 1. The summed E-state index contributed by atoms with van der Waals surface area (Å²) < 4.78 is 0. The van der Waals surface area contributed by atoms with E-state index in [1.807, 2.05) is 42.5 Å². The second kappa shape index (κ2) is 6.43. The Bertz CT molecular complexity index is 554. The van der Waals surface area contributed by atoms with Crippen LogP contribution in [0.15, 0.2) is 59.5 Å². The van der Waals surface area contributed by atoms with Crippen LogP contribution in [0.2, 0.25) is 0 Å². The van der Waals surface area contributed by atoms with Crippen LogP contribution in [0.3, 0.4) is 0 Å². The highest BCUT2D eigenvalue weighted by molar-refractivity contribution is 7.80. The van der Waals surface area contributed by atoms with Gasteiger partial charge in [-0.3, -0.25) is 4.79 Å². The van der Waals surface area contributed by atoms with Gasteiger partial charge in [0.25, 0.3) is 5.91 Å². The number of rotatable bonds is 4. The molecule has 0 aliphatic heterocycles. The van der Waals surface area contributed by atoms with Crippen molar-refractivity contribution >= 4 is 18.5 Å². The molecular formula is C16H17NOS. The van der Waals surface area contributed by atoms with Gasteiger partial charge in [0.15, 0.2) is 0 Å². The zero-order valence-corrected chi connectivity index (χ0v) is 11.7. The van der Waals surface area contributed by atoms with E-state index in [4.69, 9.17) is 0 Å². The Labute approximate surface area is 119 Å². The van der Waals surface area contributed by atoms with Gasteiger partial charge in [0.05, 0.1) is 6.04 Å². The second-order valence-electron chi connectivity index (χ2n) is 4.40. The number of carbonyl (C=O) groups excluding carboxylic acids is 1. The van der Waals surface area contributed by atoms with Crippen molar-refractivity contribution in [2.75, 3.05) is 0 Å². The summed E-state index contributed by atoms with van der Waals surface area (Å²) in [7, 11) is 0. The molecule has 0 spiro atoms. The number of hydrogen-bond acceptors (Lipinski definition) is 2. The highest BCUT2D eigenvalue weighted by atomic mass is 32.1. The molecule has 1 unspecified atom stereocenters. The van der Waals surface area contributed by atoms with Gasteiger partial charge in [-0.05, 0) is 30.2 Å². The van der Waals surface area contributed by atoms with Gasteiger partial charge in [0.2, 0.25) is 0 Å². The van der Waals surface area contributed by atoms with E-state index in [0.717, 1.165) is 16.9 Å². The van der Waals surface area contributed by atoms with Crippen molar-refractivity contribution in [1.29, 1.82) is 0 Å². The monoisotopic (exact) mass is 271 g/mol. The van der Waals surface area contributed by atoms with E-state index < -0.39 is 0 Å². The Morgan fingerprint density at radius 1 is 1.16 bits per heavy atom. The van der Waals surface area contributed by atoms with E-state index in [0.29, 0.717) is 5.56 Å². The summed E-state index contributed by atoms with van der Waals surface area (Å²) in [6.45, 7) is 2.06. The fourth-order valence-electron chi connectivity index (χ4n) is 2.00. The van der Waals surface area contributed by atoms with Crippen molar-refractivity contribution in [3.05, 3.63) is 65.7 Å². The van der Waals surface area contributed by atoms with Crippen molar-refractivity contribution in [3.8, 4) is 0 Å². The standard InChI is InChI=1S/C16H17NOS/c1-2-15(12-7-4-3-5-8-12)17-16(18)13-9-6-10-14(19)11-13/h3-11,15,19H,2H2,1H3,(H,17,18). The van der Waals surface area contributed by atoms with Crippen molar-refractivity contribution in [1.82, 2.24) is 5.32 Å². The van der Waals surface area contributed by atoms with Gasteiger partial charge in [-0.2, -0.15) is 0 Å². The lowest BCUT2D eigenvalue weighted by Gasteiger charge is -2.17. The number of benzene rings is 2. The molecule has 98 valence electrons. The molecule has 0 aliphatic rings. The predicted octanol–water partition coefficient (Wildman–Crippen LogP) is 3.86. The molecule has 2 rings (SSSR count). The molecule has 2 aromatic carbocycles. The fraction of sp³-hybridized carbons (Fsp3) is 0.188. The van der Waals surface area contributed by atoms with Crippen LogP contribution in [0, 0.1) is 0 Å². The normalized spacial score (nSPS) is 11.9. The third-order valence-corrected chi connectivity index (χ3v) is 3.30. The highest BCUT2D eigenvalue weighted by Gasteiger charge is 2.13. The predicted molar refractivity (Wildman–Crippen MR) is 80.6 cm³/mol. The van der Waals surface area contributed by atoms with Crippen LogP contribution in [-0.2, 0) is 0 Å². The maximum atomic E-state index is 12.2. The topological polar surface area (TPSA) is 29.1 Å². The number of nitrogens with one attached hydrogen (secondary N) is 1. The first-order valence-corrected chi connectivity index (χ1v) is 6.80. The number of amides is 1. The van der Waals surface area contributed by atoms with E-state index in [1.54, 1.807) is 12.1 Å². The van der Waals surface area contributed by atoms with E-state index in [1.165, 1.54) is 0 Å². The van der Waals surface area contributed by atoms with E-state index in [-0.39, 0.29) is 11.9 Å². The summed E-state index contributed by atoms with van der Waals surface area (Å²) in [5.41, 5.74) is 1.77.